The molecule has 1 aliphatic rings. The second kappa shape index (κ2) is 6.74. The molecule has 0 N–H and O–H groups in total. The molecule has 0 saturated carbocycles. The number of fused-ring (bicyclic) bond motifs is 1. The lowest BCUT2D eigenvalue weighted by atomic mass is 9.92. The number of ketones is 1. The van der Waals surface area contributed by atoms with Crippen molar-refractivity contribution in [2.24, 2.45) is 0 Å². The third-order valence-corrected chi connectivity index (χ3v) is 3.64. The van der Waals surface area contributed by atoms with Gasteiger partial charge >= 0.3 is 0 Å². The van der Waals surface area contributed by atoms with Crippen LogP contribution in [0.1, 0.15) is 66.2 Å². The molecule has 0 aromatic heterocycles. The van der Waals surface area contributed by atoms with Crippen LogP contribution in [0, 0.1) is 13.8 Å². The lowest BCUT2D eigenvalue weighted by Gasteiger charge is -2.17. The zero-order chi connectivity index (χ0) is 14.6. The molecule has 0 heterocycles. The van der Waals surface area contributed by atoms with Crippen molar-refractivity contribution < 1.29 is 9.53 Å². The van der Waals surface area contributed by atoms with Crippen LogP contribution in [0.5, 0.6) is 5.75 Å². The van der Waals surface area contributed by atoms with E-state index in [-0.39, 0.29) is 0 Å². The number of ether oxygens (including phenoxy) is 1. The first kappa shape index (κ1) is 15.7. The first-order chi connectivity index (χ1) is 9.03. The summed E-state index contributed by atoms with van der Waals surface area (Å²) in [6.07, 6.45) is 3.70. The van der Waals surface area contributed by atoms with Gasteiger partial charge in [-0.15, -0.1) is 0 Å². The van der Waals surface area contributed by atoms with Crippen LogP contribution in [0.2, 0.25) is 0 Å². The second-order valence-electron chi connectivity index (χ2n) is 5.10. The van der Waals surface area contributed by atoms with E-state index in [2.05, 4.69) is 27.7 Å². The van der Waals surface area contributed by atoms with Crippen molar-refractivity contribution in [2.75, 3.05) is 7.11 Å². The zero-order valence-electron chi connectivity index (χ0n) is 13.1. The largest absolute Gasteiger partial charge is 0.496 e. The van der Waals surface area contributed by atoms with Crippen molar-refractivity contribution in [1.82, 2.24) is 0 Å². The van der Waals surface area contributed by atoms with Gasteiger partial charge in [0.2, 0.25) is 0 Å². The van der Waals surface area contributed by atoms with Gasteiger partial charge in [-0.2, -0.15) is 0 Å². The molecule has 1 aliphatic carbocycles. The van der Waals surface area contributed by atoms with Gasteiger partial charge in [0.25, 0.3) is 0 Å². The van der Waals surface area contributed by atoms with Gasteiger partial charge in [0.15, 0.2) is 5.78 Å². The van der Waals surface area contributed by atoms with Crippen LogP contribution in [0.15, 0.2) is 0 Å². The third-order valence-electron chi connectivity index (χ3n) is 3.64. The van der Waals surface area contributed by atoms with Crippen molar-refractivity contribution in [3.05, 3.63) is 27.8 Å². The molecule has 2 nitrogen and oxygen atoms in total. The lowest BCUT2D eigenvalue weighted by molar-refractivity contribution is 0.0994. The summed E-state index contributed by atoms with van der Waals surface area (Å²) in [6.45, 7) is 10.5. The van der Waals surface area contributed by atoms with Crippen LogP contribution in [0.25, 0.3) is 0 Å². The Kier molecular flexibility index (Phi) is 5.59. The third kappa shape index (κ3) is 2.83. The molecule has 1 aromatic carbocycles. The molecule has 0 unspecified atom stereocenters. The van der Waals surface area contributed by atoms with Crippen molar-refractivity contribution in [1.29, 1.82) is 0 Å². The average molecular weight is 262 g/mol. The van der Waals surface area contributed by atoms with Gasteiger partial charge in [-0.3, -0.25) is 4.79 Å². The summed E-state index contributed by atoms with van der Waals surface area (Å²) in [6, 6.07) is 0. The van der Waals surface area contributed by atoms with Gasteiger partial charge < -0.3 is 4.74 Å². The molecule has 0 radical (unpaired) electrons. The average Bonchev–Trinajstić information content (AvgIpc) is 2.77. The Morgan fingerprint density at radius 3 is 2.11 bits per heavy atom. The maximum atomic E-state index is 11.9. The van der Waals surface area contributed by atoms with Gasteiger partial charge in [-0.05, 0) is 48.9 Å². The highest BCUT2D eigenvalue weighted by atomic mass is 16.5. The fraction of sp³-hybridized carbons (Fsp3) is 0.588. The first-order valence-electron chi connectivity index (χ1n) is 7.25. The second-order valence-corrected chi connectivity index (χ2v) is 5.10. The Balaban J connectivity index is 0.000000550. The predicted octanol–water partition coefficient (Wildman–Crippen LogP) is 4.42. The summed E-state index contributed by atoms with van der Waals surface area (Å²) < 4.78 is 5.50. The number of methoxy groups -OCH3 is 1. The summed E-state index contributed by atoms with van der Waals surface area (Å²) in [5.41, 5.74) is 5.65. The smallest absolute Gasteiger partial charge is 0.163 e. The Bertz CT molecular complexity index is 473. The molecule has 0 spiro atoms. The van der Waals surface area contributed by atoms with E-state index in [1.807, 2.05) is 6.92 Å². The Morgan fingerprint density at radius 2 is 1.63 bits per heavy atom. The van der Waals surface area contributed by atoms with E-state index in [0.29, 0.717) is 12.2 Å². The van der Waals surface area contributed by atoms with Crippen LogP contribution < -0.4 is 4.74 Å². The minimum absolute atomic E-state index is 0.299. The lowest BCUT2D eigenvalue weighted by Crippen LogP contribution is -2.05. The van der Waals surface area contributed by atoms with Crippen molar-refractivity contribution in [3.63, 3.8) is 0 Å². The fourth-order valence-corrected chi connectivity index (χ4v) is 2.85. The van der Waals surface area contributed by atoms with Gasteiger partial charge in [0, 0.05) is 12.0 Å². The van der Waals surface area contributed by atoms with E-state index in [9.17, 15) is 4.79 Å². The molecule has 0 atom stereocenters. The highest BCUT2D eigenvalue weighted by Gasteiger charge is 2.27. The molecule has 0 fully saturated rings. The number of Topliss-reactive ketones (excluding diaryl/α,β-unsaturated/α-hetero) is 1. The van der Waals surface area contributed by atoms with Gasteiger partial charge in [-0.1, -0.05) is 27.2 Å². The van der Waals surface area contributed by atoms with Crippen molar-refractivity contribution in [2.45, 2.75) is 60.3 Å². The number of rotatable bonds is 2. The molecular weight excluding hydrogens is 236 g/mol. The van der Waals surface area contributed by atoms with Crippen LogP contribution in [0.4, 0.5) is 0 Å². The predicted molar refractivity (Wildman–Crippen MR) is 80.5 cm³/mol. The highest BCUT2D eigenvalue weighted by molar-refractivity contribution is 6.02. The van der Waals surface area contributed by atoms with E-state index < -0.39 is 0 Å². The van der Waals surface area contributed by atoms with E-state index in [1.54, 1.807) is 7.11 Å². The summed E-state index contributed by atoms with van der Waals surface area (Å²) in [4.78, 5) is 11.9. The Labute approximate surface area is 117 Å². The molecule has 0 saturated heterocycles. The first-order valence-corrected chi connectivity index (χ1v) is 7.25. The van der Waals surface area contributed by atoms with Crippen LogP contribution in [0.3, 0.4) is 0 Å². The molecule has 0 aliphatic heterocycles. The normalized spacial score (nSPS) is 12.8. The maximum absolute atomic E-state index is 11.9. The van der Waals surface area contributed by atoms with E-state index >= 15 is 0 Å². The Morgan fingerprint density at radius 1 is 1.05 bits per heavy atom. The monoisotopic (exact) mass is 262 g/mol. The van der Waals surface area contributed by atoms with Gasteiger partial charge in [0.05, 0.1) is 7.11 Å². The number of carbonyl (C=O) groups is 1. The molecule has 1 aromatic rings. The minimum Gasteiger partial charge on any atom is -0.496 e. The van der Waals surface area contributed by atoms with E-state index in [0.717, 1.165) is 35.3 Å². The molecule has 106 valence electrons. The van der Waals surface area contributed by atoms with Crippen molar-refractivity contribution in [3.8, 4) is 5.75 Å². The number of carbonyl (C=O) groups excluding carboxylic acids is 1. The SMILES string of the molecule is CCC.CCc1c(C)c2c(c(C)c1OC)CCC2=O. The minimum atomic E-state index is 0.299. The molecule has 19 heavy (non-hydrogen) atoms. The maximum Gasteiger partial charge on any atom is 0.163 e. The number of hydrogen-bond donors (Lipinski definition) is 0. The van der Waals surface area contributed by atoms with Crippen LogP contribution in [-0.4, -0.2) is 12.9 Å². The topological polar surface area (TPSA) is 26.3 Å². The molecule has 0 amide bonds. The van der Waals surface area contributed by atoms with E-state index in [4.69, 9.17) is 4.74 Å². The number of hydrogen-bond acceptors (Lipinski definition) is 2. The standard InChI is InChI=1S/C14H18O2.C3H8/c1-5-10-8(2)13-11(6-7-12(13)15)9(3)14(10)16-4;1-3-2/h5-7H2,1-4H3;3H2,1-2H3. The summed E-state index contributed by atoms with van der Waals surface area (Å²) in [7, 11) is 1.71. The summed E-state index contributed by atoms with van der Waals surface area (Å²) in [5, 5.41) is 0. The zero-order valence-corrected chi connectivity index (χ0v) is 13.1. The summed E-state index contributed by atoms with van der Waals surface area (Å²) >= 11 is 0. The molecule has 2 rings (SSSR count). The molecular formula is C17H26O2. The van der Waals surface area contributed by atoms with Gasteiger partial charge in [0.1, 0.15) is 5.75 Å². The van der Waals surface area contributed by atoms with Crippen LogP contribution in [-0.2, 0) is 12.8 Å². The highest BCUT2D eigenvalue weighted by Crippen LogP contribution is 2.38. The molecule has 2 heteroatoms. The van der Waals surface area contributed by atoms with Crippen molar-refractivity contribution >= 4 is 5.78 Å². The number of benzene rings is 1. The van der Waals surface area contributed by atoms with Crippen LogP contribution >= 0.6 is 0 Å². The summed E-state index contributed by atoms with van der Waals surface area (Å²) in [5.74, 6) is 1.28. The van der Waals surface area contributed by atoms with E-state index in [1.165, 1.54) is 17.5 Å². The Hall–Kier alpha value is -1.31. The quantitative estimate of drug-likeness (QED) is 0.788. The molecule has 0 bridgehead atoms. The van der Waals surface area contributed by atoms with Gasteiger partial charge in [-0.25, -0.2) is 0 Å². The fourth-order valence-electron chi connectivity index (χ4n) is 2.85.